The second-order valence-electron chi connectivity index (χ2n) is 5.51. The molecule has 0 aliphatic rings. The fourth-order valence-electron chi connectivity index (χ4n) is 1.84. The van der Waals surface area contributed by atoms with Gasteiger partial charge >= 0.3 is 0 Å². The smallest absolute Gasteiger partial charge is 0.257 e. The number of hydrogen-bond acceptors (Lipinski definition) is 4. The first kappa shape index (κ1) is 17.3. The summed E-state index contributed by atoms with van der Waals surface area (Å²) in [6.45, 7) is 6.75. The van der Waals surface area contributed by atoms with Gasteiger partial charge in [0.2, 0.25) is 0 Å². The SMILES string of the molecule is COc1ccc([C@H](C)N)c(OCC(=O)NCCC(C)C)c1. The summed E-state index contributed by atoms with van der Waals surface area (Å²) < 4.78 is 10.8. The lowest BCUT2D eigenvalue weighted by Gasteiger charge is -2.15. The molecule has 1 rings (SSSR count). The molecule has 0 saturated carbocycles. The molecule has 3 N–H and O–H groups in total. The summed E-state index contributed by atoms with van der Waals surface area (Å²) in [4.78, 5) is 11.7. The molecule has 0 bridgehead atoms. The second-order valence-corrected chi connectivity index (χ2v) is 5.51. The fraction of sp³-hybridized carbons (Fsp3) is 0.562. The van der Waals surface area contributed by atoms with Crippen molar-refractivity contribution in [1.29, 1.82) is 0 Å². The molecule has 0 radical (unpaired) electrons. The number of carbonyl (C=O) groups excluding carboxylic acids is 1. The van der Waals surface area contributed by atoms with Crippen LogP contribution in [0.3, 0.4) is 0 Å². The van der Waals surface area contributed by atoms with Crippen molar-refractivity contribution in [2.24, 2.45) is 11.7 Å². The summed E-state index contributed by atoms with van der Waals surface area (Å²) in [5.41, 5.74) is 6.76. The maximum absolute atomic E-state index is 11.7. The third-order valence-corrected chi connectivity index (χ3v) is 3.11. The molecule has 1 aromatic carbocycles. The van der Waals surface area contributed by atoms with Gasteiger partial charge in [-0.3, -0.25) is 4.79 Å². The average Bonchev–Trinajstić information content (AvgIpc) is 2.44. The molecule has 0 heterocycles. The molecule has 1 atom stereocenters. The lowest BCUT2D eigenvalue weighted by molar-refractivity contribution is -0.123. The number of rotatable bonds is 8. The van der Waals surface area contributed by atoms with Crippen LogP contribution in [0.1, 0.15) is 38.8 Å². The topological polar surface area (TPSA) is 73.6 Å². The summed E-state index contributed by atoms with van der Waals surface area (Å²) in [6, 6.07) is 5.26. The molecule has 0 fully saturated rings. The van der Waals surface area contributed by atoms with Gasteiger partial charge in [0.1, 0.15) is 11.5 Å². The predicted molar refractivity (Wildman–Crippen MR) is 83.6 cm³/mol. The number of carbonyl (C=O) groups is 1. The van der Waals surface area contributed by atoms with Crippen LogP contribution in [-0.4, -0.2) is 26.2 Å². The highest BCUT2D eigenvalue weighted by atomic mass is 16.5. The Hall–Kier alpha value is -1.75. The van der Waals surface area contributed by atoms with Crippen molar-refractivity contribution < 1.29 is 14.3 Å². The van der Waals surface area contributed by atoms with E-state index in [4.69, 9.17) is 15.2 Å². The number of methoxy groups -OCH3 is 1. The molecule has 1 amide bonds. The highest BCUT2D eigenvalue weighted by Gasteiger charge is 2.11. The van der Waals surface area contributed by atoms with Gasteiger partial charge in [0, 0.05) is 24.2 Å². The summed E-state index contributed by atoms with van der Waals surface area (Å²) in [6.07, 6.45) is 0.954. The van der Waals surface area contributed by atoms with E-state index in [1.54, 1.807) is 13.2 Å². The summed E-state index contributed by atoms with van der Waals surface area (Å²) in [7, 11) is 1.59. The Morgan fingerprint density at radius 2 is 2.05 bits per heavy atom. The standard InChI is InChI=1S/C16H26N2O3/c1-11(2)7-8-18-16(19)10-21-15-9-13(20-4)5-6-14(15)12(3)17/h5-6,9,11-12H,7-8,10,17H2,1-4H3,(H,18,19)/t12-/m0/s1. The van der Waals surface area contributed by atoms with E-state index in [9.17, 15) is 4.79 Å². The van der Waals surface area contributed by atoms with E-state index < -0.39 is 0 Å². The van der Waals surface area contributed by atoms with E-state index in [0.29, 0.717) is 24.0 Å². The summed E-state index contributed by atoms with van der Waals surface area (Å²) in [5, 5.41) is 2.84. The Balaban J connectivity index is 2.59. The minimum atomic E-state index is -0.171. The maximum Gasteiger partial charge on any atom is 0.257 e. The monoisotopic (exact) mass is 294 g/mol. The highest BCUT2D eigenvalue weighted by Crippen LogP contribution is 2.28. The Morgan fingerprint density at radius 1 is 1.33 bits per heavy atom. The van der Waals surface area contributed by atoms with Crippen molar-refractivity contribution in [3.63, 3.8) is 0 Å². The Kier molecular flexibility index (Phi) is 7.02. The molecule has 118 valence electrons. The number of hydrogen-bond donors (Lipinski definition) is 2. The molecule has 0 unspecified atom stereocenters. The molecule has 0 aliphatic carbocycles. The van der Waals surface area contributed by atoms with Crippen LogP contribution in [0.2, 0.25) is 0 Å². The van der Waals surface area contributed by atoms with Crippen LogP contribution in [0, 0.1) is 5.92 Å². The van der Waals surface area contributed by atoms with E-state index in [1.165, 1.54) is 0 Å². The predicted octanol–water partition coefficient (Wildman–Crippen LogP) is 2.26. The van der Waals surface area contributed by atoms with Gasteiger partial charge < -0.3 is 20.5 Å². The van der Waals surface area contributed by atoms with E-state index in [2.05, 4.69) is 19.2 Å². The van der Waals surface area contributed by atoms with Crippen LogP contribution in [0.15, 0.2) is 18.2 Å². The summed E-state index contributed by atoms with van der Waals surface area (Å²) in [5.74, 6) is 1.70. The van der Waals surface area contributed by atoms with Crippen LogP contribution in [0.4, 0.5) is 0 Å². The number of nitrogens with one attached hydrogen (secondary N) is 1. The van der Waals surface area contributed by atoms with Crippen molar-refractivity contribution in [3.05, 3.63) is 23.8 Å². The zero-order valence-electron chi connectivity index (χ0n) is 13.3. The first-order valence-electron chi connectivity index (χ1n) is 7.27. The van der Waals surface area contributed by atoms with Gasteiger partial charge in [0.15, 0.2) is 6.61 Å². The van der Waals surface area contributed by atoms with Crippen LogP contribution in [-0.2, 0) is 4.79 Å². The van der Waals surface area contributed by atoms with Crippen molar-refractivity contribution in [1.82, 2.24) is 5.32 Å². The normalized spacial score (nSPS) is 12.1. The first-order chi connectivity index (χ1) is 9.93. The van der Waals surface area contributed by atoms with Crippen molar-refractivity contribution in [3.8, 4) is 11.5 Å². The quantitative estimate of drug-likeness (QED) is 0.771. The molecule has 5 heteroatoms. The van der Waals surface area contributed by atoms with Gasteiger partial charge in [0.25, 0.3) is 5.91 Å². The molecule has 21 heavy (non-hydrogen) atoms. The lowest BCUT2D eigenvalue weighted by atomic mass is 10.1. The minimum Gasteiger partial charge on any atom is -0.497 e. The van der Waals surface area contributed by atoms with Crippen LogP contribution in [0.5, 0.6) is 11.5 Å². The average molecular weight is 294 g/mol. The van der Waals surface area contributed by atoms with Gasteiger partial charge in [-0.2, -0.15) is 0 Å². The first-order valence-corrected chi connectivity index (χ1v) is 7.27. The van der Waals surface area contributed by atoms with Crippen LogP contribution < -0.4 is 20.5 Å². The van der Waals surface area contributed by atoms with Crippen LogP contribution >= 0.6 is 0 Å². The van der Waals surface area contributed by atoms with Crippen molar-refractivity contribution in [2.45, 2.75) is 33.2 Å². The van der Waals surface area contributed by atoms with Crippen LogP contribution in [0.25, 0.3) is 0 Å². The molecule has 0 spiro atoms. The second kappa shape index (κ2) is 8.52. The Morgan fingerprint density at radius 3 is 2.62 bits per heavy atom. The Labute approximate surface area is 126 Å². The number of nitrogens with two attached hydrogens (primary N) is 1. The zero-order chi connectivity index (χ0) is 15.8. The Bertz CT molecular complexity index is 459. The molecule has 1 aromatic rings. The number of ether oxygens (including phenoxy) is 2. The largest absolute Gasteiger partial charge is 0.497 e. The maximum atomic E-state index is 11.7. The van der Waals surface area contributed by atoms with Gasteiger partial charge in [-0.05, 0) is 25.3 Å². The molecular formula is C16H26N2O3. The molecule has 0 aromatic heterocycles. The van der Waals surface area contributed by atoms with Crippen molar-refractivity contribution in [2.75, 3.05) is 20.3 Å². The lowest BCUT2D eigenvalue weighted by Crippen LogP contribution is -2.30. The van der Waals surface area contributed by atoms with Gasteiger partial charge in [-0.25, -0.2) is 0 Å². The van der Waals surface area contributed by atoms with E-state index >= 15 is 0 Å². The third kappa shape index (κ3) is 6.04. The van der Waals surface area contributed by atoms with Gasteiger partial charge in [0.05, 0.1) is 7.11 Å². The minimum absolute atomic E-state index is 0.0228. The number of amides is 1. The molecule has 5 nitrogen and oxygen atoms in total. The number of benzene rings is 1. The summed E-state index contributed by atoms with van der Waals surface area (Å²) >= 11 is 0. The van der Waals surface area contributed by atoms with Gasteiger partial charge in [-0.1, -0.05) is 19.9 Å². The molecule has 0 saturated heterocycles. The van der Waals surface area contributed by atoms with Gasteiger partial charge in [-0.15, -0.1) is 0 Å². The highest BCUT2D eigenvalue weighted by molar-refractivity contribution is 5.77. The van der Waals surface area contributed by atoms with E-state index in [0.717, 1.165) is 12.0 Å². The fourth-order valence-corrected chi connectivity index (χ4v) is 1.84. The molecule has 0 aliphatic heterocycles. The zero-order valence-corrected chi connectivity index (χ0v) is 13.3. The third-order valence-electron chi connectivity index (χ3n) is 3.11. The van der Waals surface area contributed by atoms with E-state index in [1.807, 2.05) is 19.1 Å². The molecular weight excluding hydrogens is 268 g/mol. The van der Waals surface area contributed by atoms with Crippen molar-refractivity contribution >= 4 is 5.91 Å². The van der Waals surface area contributed by atoms with E-state index in [-0.39, 0.29) is 18.6 Å².